The van der Waals surface area contributed by atoms with Gasteiger partial charge in [-0.3, -0.25) is 4.79 Å². The van der Waals surface area contributed by atoms with E-state index in [0.717, 1.165) is 30.6 Å². The molecule has 2 heterocycles. The smallest absolute Gasteiger partial charge is 0.360 e. The number of hydrogen-bond acceptors (Lipinski definition) is 6. The van der Waals surface area contributed by atoms with E-state index in [2.05, 4.69) is 22.5 Å². The number of nitro groups is 1. The maximum Gasteiger partial charge on any atom is 0.390 e. The Morgan fingerprint density at radius 1 is 1.58 bits per heavy atom. The minimum absolute atomic E-state index is 0.196. The van der Waals surface area contributed by atoms with Crippen LogP contribution in [-0.4, -0.2) is 32.3 Å². The molecule has 3 rings (SSSR count). The molecular formula is C15H19N5O4. The fourth-order valence-corrected chi connectivity index (χ4v) is 2.92. The largest absolute Gasteiger partial charge is 0.390 e. The molecule has 0 aromatic carbocycles. The van der Waals surface area contributed by atoms with Crippen LogP contribution in [0.15, 0.2) is 10.6 Å². The second-order valence-electron chi connectivity index (χ2n) is 6.16. The summed E-state index contributed by atoms with van der Waals surface area (Å²) in [6.07, 6.45) is 2.65. The van der Waals surface area contributed by atoms with E-state index >= 15 is 0 Å². The first-order valence-electron chi connectivity index (χ1n) is 7.90. The maximum atomic E-state index is 12.3. The third-order valence-corrected chi connectivity index (χ3v) is 4.27. The molecule has 2 aromatic rings. The van der Waals surface area contributed by atoms with Crippen LogP contribution >= 0.6 is 0 Å². The summed E-state index contributed by atoms with van der Waals surface area (Å²) >= 11 is 0. The van der Waals surface area contributed by atoms with Crippen molar-refractivity contribution < 1.29 is 14.2 Å². The van der Waals surface area contributed by atoms with Crippen molar-refractivity contribution in [3.63, 3.8) is 0 Å². The predicted octanol–water partition coefficient (Wildman–Crippen LogP) is 1.64. The molecule has 1 N–H and O–H groups in total. The number of rotatable bonds is 5. The van der Waals surface area contributed by atoms with Crippen LogP contribution in [0.5, 0.6) is 0 Å². The molecule has 0 bridgehead atoms. The molecule has 1 aliphatic rings. The summed E-state index contributed by atoms with van der Waals surface area (Å²) in [5, 5.41) is 21.3. The zero-order valence-corrected chi connectivity index (χ0v) is 13.6. The Hall–Kier alpha value is -2.71. The van der Waals surface area contributed by atoms with Gasteiger partial charge in [-0.15, -0.1) is 0 Å². The van der Waals surface area contributed by atoms with Gasteiger partial charge in [-0.25, -0.2) is 0 Å². The van der Waals surface area contributed by atoms with Gasteiger partial charge >= 0.3 is 5.82 Å². The normalized spacial score (nSPS) is 16.7. The molecule has 0 unspecified atom stereocenters. The first kappa shape index (κ1) is 16.2. The van der Waals surface area contributed by atoms with Gasteiger partial charge in [0, 0.05) is 18.5 Å². The van der Waals surface area contributed by atoms with Crippen LogP contribution in [-0.2, 0) is 19.4 Å². The molecule has 9 heteroatoms. The first-order valence-corrected chi connectivity index (χ1v) is 7.90. The van der Waals surface area contributed by atoms with Gasteiger partial charge < -0.3 is 20.0 Å². The minimum atomic E-state index is -0.537. The summed E-state index contributed by atoms with van der Waals surface area (Å²) in [4.78, 5) is 22.5. The van der Waals surface area contributed by atoms with Crippen molar-refractivity contribution in [1.29, 1.82) is 0 Å². The van der Waals surface area contributed by atoms with Crippen molar-refractivity contribution >= 4 is 11.7 Å². The summed E-state index contributed by atoms with van der Waals surface area (Å²) in [7, 11) is 0. The number of aromatic nitrogens is 3. The summed E-state index contributed by atoms with van der Waals surface area (Å²) in [6, 6.07) is 1.40. The third-order valence-electron chi connectivity index (χ3n) is 4.27. The third kappa shape index (κ3) is 3.15. The molecule has 0 aliphatic heterocycles. The van der Waals surface area contributed by atoms with Gasteiger partial charge in [0.25, 0.3) is 5.91 Å². The molecule has 24 heavy (non-hydrogen) atoms. The van der Waals surface area contributed by atoms with E-state index < -0.39 is 4.92 Å². The number of carbonyl (C=O) groups is 1. The molecule has 0 spiro atoms. The minimum Gasteiger partial charge on any atom is -0.360 e. The van der Waals surface area contributed by atoms with Crippen LogP contribution < -0.4 is 5.32 Å². The fourth-order valence-electron chi connectivity index (χ4n) is 2.92. The second kappa shape index (κ2) is 6.42. The van der Waals surface area contributed by atoms with Crippen LogP contribution in [0.1, 0.15) is 40.9 Å². The van der Waals surface area contributed by atoms with Gasteiger partial charge in [-0.05, 0) is 30.6 Å². The highest BCUT2D eigenvalue weighted by molar-refractivity contribution is 5.93. The van der Waals surface area contributed by atoms with Gasteiger partial charge in [0.15, 0.2) is 5.69 Å². The lowest BCUT2D eigenvalue weighted by Crippen LogP contribution is -2.29. The molecule has 0 saturated carbocycles. The van der Waals surface area contributed by atoms with E-state index in [1.54, 1.807) is 6.92 Å². The van der Waals surface area contributed by atoms with Gasteiger partial charge in [0.2, 0.25) is 0 Å². The molecule has 9 nitrogen and oxygen atoms in total. The quantitative estimate of drug-likeness (QED) is 0.657. The molecular weight excluding hydrogens is 314 g/mol. The van der Waals surface area contributed by atoms with Crippen LogP contribution in [0, 0.1) is 23.0 Å². The number of amides is 1. The lowest BCUT2D eigenvalue weighted by molar-refractivity contribution is -0.389. The Morgan fingerprint density at radius 2 is 2.38 bits per heavy atom. The van der Waals surface area contributed by atoms with Crippen LogP contribution in [0.25, 0.3) is 0 Å². The molecule has 0 fully saturated rings. The number of hydrogen-bond donors (Lipinski definition) is 1. The predicted molar refractivity (Wildman–Crippen MR) is 83.6 cm³/mol. The van der Waals surface area contributed by atoms with Gasteiger partial charge in [0.1, 0.15) is 5.76 Å². The van der Waals surface area contributed by atoms with E-state index in [1.807, 2.05) is 0 Å². The average Bonchev–Trinajstić information content (AvgIpc) is 3.11. The molecule has 2 aromatic heterocycles. The van der Waals surface area contributed by atoms with Gasteiger partial charge in [-0.2, -0.15) is 4.68 Å². The Morgan fingerprint density at radius 3 is 3.08 bits per heavy atom. The van der Waals surface area contributed by atoms with Crippen molar-refractivity contribution in [3.8, 4) is 0 Å². The summed E-state index contributed by atoms with van der Waals surface area (Å²) in [6.45, 7) is 4.53. The number of nitrogens with one attached hydrogen (secondary N) is 1. The fraction of sp³-hybridized carbons (Fsp3) is 0.533. The zero-order valence-electron chi connectivity index (χ0n) is 13.6. The van der Waals surface area contributed by atoms with Crippen molar-refractivity contribution in [1.82, 2.24) is 20.3 Å². The van der Waals surface area contributed by atoms with Crippen molar-refractivity contribution in [2.75, 3.05) is 6.54 Å². The highest BCUT2D eigenvalue weighted by Crippen LogP contribution is 2.27. The molecule has 1 aliphatic carbocycles. The Kier molecular flexibility index (Phi) is 4.32. The summed E-state index contributed by atoms with van der Waals surface area (Å²) in [5.74, 6) is 0.833. The highest BCUT2D eigenvalue weighted by atomic mass is 16.6. The van der Waals surface area contributed by atoms with E-state index in [1.165, 1.54) is 10.7 Å². The summed E-state index contributed by atoms with van der Waals surface area (Å²) in [5.41, 5.74) is 1.92. The Bertz CT molecular complexity index is 779. The van der Waals surface area contributed by atoms with Crippen LogP contribution in [0.3, 0.4) is 0 Å². The number of aryl methyl sites for hydroxylation is 2. The number of carbonyl (C=O) groups excluding carboxylic acids is 1. The van der Waals surface area contributed by atoms with Crippen molar-refractivity contribution in [2.45, 2.75) is 39.7 Å². The average molecular weight is 333 g/mol. The first-order chi connectivity index (χ1) is 11.5. The molecule has 0 radical (unpaired) electrons. The molecule has 1 atom stereocenters. The Labute approximate surface area is 138 Å². The maximum absolute atomic E-state index is 12.3. The number of nitrogens with zero attached hydrogens (tertiary/aromatic N) is 4. The molecule has 1 amide bonds. The molecule has 128 valence electrons. The second-order valence-corrected chi connectivity index (χ2v) is 6.16. The number of fused-ring (bicyclic) bond motifs is 1. The van der Waals surface area contributed by atoms with E-state index in [-0.39, 0.29) is 11.7 Å². The molecule has 0 saturated heterocycles. The monoisotopic (exact) mass is 333 g/mol. The summed E-state index contributed by atoms with van der Waals surface area (Å²) < 4.78 is 6.77. The van der Waals surface area contributed by atoms with Gasteiger partial charge in [-0.1, -0.05) is 12.1 Å². The lowest BCUT2D eigenvalue weighted by Gasteiger charge is -2.16. The highest BCUT2D eigenvalue weighted by Gasteiger charge is 2.26. The van der Waals surface area contributed by atoms with E-state index in [9.17, 15) is 14.9 Å². The van der Waals surface area contributed by atoms with E-state index in [0.29, 0.717) is 30.4 Å². The van der Waals surface area contributed by atoms with Crippen LogP contribution in [0.4, 0.5) is 5.82 Å². The zero-order chi connectivity index (χ0) is 17.3. The van der Waals surface area contributed by atoms with E-state index in [4.69, 9.17) is 4.52 Å². The van der Waals surface area contributed by atoms with Crippen LogP contribution in [0.2, 0.25) is 0 Å². The topological polar surface area (TPSA) is 116 Å². The SMILES string of the molecule is Cc1cc([N+](=O)[O-])nn1CCNC(=O)c1noc2c1C[C@@H](C)CC2. The van der Waals surface area contributed by atoms with Gasteiger partial charge in [0.05, 0.1) is 23.4 Å². The van der Waals surface area contributed by atoms with Crippen molar-refractivity contribution in [3.05, 3.63) is 38.9 Å². The lowest BCUT2D eigenvalue weighted by atomic mass is 9.88. The van der Waals surface area contributed by atoms with Crippen molar-refractivity contribution in [2.24, 2.45) is 5.92 Å². The standard InChI is InChI=1S/C15H19N5O4/c1-9-3-4-12-11(7-9)14(18-24-12)15(21)16-5-6-19-10(2)8-13(17-19)20(22)23/h8-9H,3-7H2,1-2H3,(H,16,21)/t9-/m0/s1. The Balaban J connectivity index is 1.61.